The number of rotatable bonds is 6. The Labute approximate surface area is 184 Å². The van der Waals surface area contributed by atoms with E-state index in [2.05, 4.69) is 0 Å². The van der Waals surface area contributed by atoms with Gasteiger partial charge < -0.3 is 5.11 Å². The minimum Gasteiger partial charge on any atom is -0.503 e. The lowest BCUT2D eigenvalue weighted by Gasteiger charge is -2.27. The van der Waals surface area contributed by atoms with Crippen molar-refractivity contribution in [1.82, 2.24) is 0 Å². The number of amides is 1. The molecule has 0 aromatic heterocycles. The molecule has 0 radical (unpaired) electrons. The van der Waals surface area contributed by atoms with Gasteiger partial charge in [0.2, 0.25) is 0 Å². The summed E-state index contributed by atoms with van der Waals surface area (Å²) in [4.78, 5) is 27.5. The van der Waals surface area contributed by atoms with Crippen LogP contribution in [0.1, 0.15) is 23.6 Å². The predicted molar refractivity (Wildman–Crippen MR) is 118 cm³/mol. The lowest BCUT2D eigenvalue weighted by atomic mass is 9.93. The third-order valence-electron chi connectivity index (χ3n) is 5.26. The zero-order valence-corrected chi connectivity index (χ0v) is 17.2. The second-order valence-corrected chi connectivity index (χ2v) is 7.72. The number of carbonyl (C=O) groups excluding carboxylic acids is 2. The van der Waals surface area contributed by atoms with Crippen LogP contribution in [0.2, 0.25) is 5.02 Å². The maximum absolute atomic E-state index is 13.5. The number of Topliss-reactive ketones (excluding diaryl/α,β-unsaturated/α-hetero) is 1. The van der Waals surface area contributed by atoms with Crippen LogP contribution in [-0.4, -0.2) is 16.8 Å². The monoisotopic (exact) mass is 435 g/mol. The summed E-state index contributed by atoms with van der Waals surface area (Å²) in [5, 5.41) is 11.1. The number of ketones is 1. The molecule has 1 unspecified atom stereocenters. The fourth-order valence-electron chi connectivity index (χ4n) is 3.78. The largest absolute Gasteiger partial charge is 0.503 e. The van der Waals surface area contributed by atoms with Gasteiger partial charge in [-0.3, -0.25) is 14.5 Å². The summed E-state index contributed by atoms with van der Waals surface area (Å²) in [5.41, 5.74) is 1.93. The molecule has 0 fully saturated rings. The Hall–Kier alpha value is -3.44. The Morgan fingerprint density at radius 1 is 1.00 bits per heavy atom. The molecule has 0 aliphatic carbocycles. The number of carbonyl (C=O) groups is 2. The molecule has 3 aromatic rings. The van der Waals surface area contributed by atoms with Gasteiger partial charge in [0.15, 0.2) is 11.5 Å². The van der Waals surface area contributed by atoms with Crippen LogP contribution in [0.5, 0.6) is 0 Å². The van der Waals surface area contributed by atoms with E-state index in [0.717, 1.165) is 5.56 Å². The van der Waals surface area contributed by atoms with Crippen molar-refractivity contribution in [2.45, 2.75) is 18.9 Å². The first-order chi connectivity index (χ1) is 15.0. The van der Waals surface area contributed by atoms with Gasteiger partial charge in [0.25, 0.3) is 5.91 Å². The van der Waals surface area contributed by atoms with Gasteiger partial charge in [-0.2, -0.15) is 0 Å². The summed E-state index contributed by atoms with van der Waals surface area (Å²) in [7, 11) is 0. The molecule has 1 aliphatic heterocycles. The van der Waals surface area contributed by atoms with E-state index in [1.54, 1.807) is 24.3 Å². The van der Waals surface area contributed by atoms with Gasteiger partial charge in [-0.25, -0.2) is 4.39 Å². The van der Waals surface area contributed by atoms with Gasteiger partial charge in [-0.15, -0.1) is 0 Å². The van der Waals surface area contributed by atoms with Crippen molar-refractivity contribution in [1.29, 1.82) is 0 Å². The number of aliphatic hydroxyl groups is 1. The number of aryl methyl sites for hydroxylation is 1. The molecule has 1 heterocycles. The molecular weight excluding hydrogens is 417 g/mol. The van der Waals surface area contributed by atoms with Crippen LogP contribution in [0, 0.1) is 5.82 Å². The summed E-state index contributed by atoms with van der Waals surface area (Å²) in [6.07, 6.45) is 0.593. The fraction of sp³-hybridized carbons (Fsp3) is 0.120. The number of hydrogen-bond acceptors (Lipinski definition) is 3. The molecular formula is C25H19ClFNO3. The van der Waals surface area contributed by atoms with Crippen molar-refractivity contribution in [3.63, 3.8) is 0 Å². The molecule has 156 valence electrons. The molecule has 0 saturated heterocycles. The third-order valence-corrected chi connectivity index (χ3v) is 5.50. The normalized spacial score (nSPS) is 16.1. The summed E-state index contributed by atoms with van der Waals surface area (Å²) in [6, 6.07) is 20.8. The summed E-state index contributed by atoms with van der Waals surface area (Å²) >= 11 is 6.11. The molecule has 1 aliphatic rings. The Kier molecular flexibility index (Phi) is 5.87. The standard InChI is InChI=1S/C25H19ClFNO3/c26-18-7-4-8-20(15-18)28-23(17-10-12-19(27)13-11-17)22(24(30)25(28)31)21(29)14-9-16-5-2-1-3-6-16/h1-8,10-13,15,23,30H,9,14H2. The lowest BCUT2D eigenvalue weighted by molar-refractivity contribution is -0.118. The molecule has 0 saturated carbocycles. The van der Waals surface area contributed by atoms with E-state index in [0.29, 0.717) is 22.7 Å². The highest BCUT2D eigenvalue weighted by molar-refractivity contribution is 6.31. The van der Waals surface area contributed by atoms with Crippen LogP contribution in [0.3, 0.4) is 0 Å². The maximum Gasteiger partial charge on any atom is 0.294 e. The van der Waals surface area contributed by atoms with E-state index in [1.807, 2.05) is 30.3 Å². The van der Waals surface area contributed by atoms with Crippen molar-refractivity contribution in [3.05, 3.63) is 112 Å². The van der Waals surface area contributed by atoms with Gasteiger partial charge in [-0.1, -0.05) is 60.1 Å². The second kappa shape index (κ2) is 8.74. The average Bonchev–Trinajstić information content (AvgIpc) is 3.04. The minimum atomic E-state index is -0.880. The van der Waals surface area contributed by atoms with E-state index < -0.39 is 23.5 Å². The van der Waals surface area contributed by atoms with Crippen LogP contribution >= 0.6 is 11.6 Å². The Balaban J connectivity index is 1.73. The number of anilines is 1. The van der Waals surface area contributed by atoms with Crippen LogP contribution < -0.4 is 4.90 Å². The molecule has 0 spiro atoms. The Morgan fingerprint density at radius 2 is 1.71 bits per heavy atom. The van der Waals surface area contributed by atoms with Crippen molar-refractivity contribution in [2.75, 3.05) is 4.90 Å². The second-order valence-electron chi connectivity index (χ2n) is 7.28. The number of hydrogen-bond donors (Lipinski definition) is 1. The third kappa shape index (κ3) is 4.23. The Bertz CT molecular complexity index is 1160. The van der Waals surface area contributed by atoms with Crippen LogP contribution in [0.4, 0.5) is 10.1 Å². The van der Waals surface area contributed by atoms with Crippen molar-refractivity contribution in [2.24, 2.45) is 0 Å². The SMILES string of the molecule is O=C(CCc1ccccc1)C1=C(O)C(=O)N(c2cccc(Cl)c2)C1c1ccc(F)cc1. The molecule has 1 atom stereocenters. The topological polar surface area (TPSA) is 57.6 Å². The summed E-state index contributed by atoms with van der Waals surface area (Å²) in [6.45, 7) is 0. The zero-order valence-electron chi connectivity index (χ0n) is 16.5. The van der Waals surface area contributed by atoms with E-state index in [9.17, 15) is 19.1 Å². The van der Waals surface area contributed by atoms with Gasteiger partial charge >= 0.3 is 0 Å². The molecule has 3 aromatic carbocycles. The molecule has 4 nitrogen and oxygen atoms in total. The van der Waals surface area contributed by atoms with Gasteiger partial charge in [0.05, 0.1) is 11.6 Å². The van der Waals surface area contributed by atoms with E-state index in [-0.39, 0.29) is 17.8 Å². The van der Waals surface area contributed by atoms with Crippen molar-refractivity contribution < 1.29 is 19.1 Å². The number of aliphatic hydroxyl groups excluding tert-OH is 1. The Morgan fingerprint density at radius 3 is 2.39 bits per heavy atom. The molecule has 1 N–H and O–H groups in total. The highest BCUT2D eigenvalue weighted by Gasteiger charge is 2.44. The number of nitrogens with zero attached hydrogens (tertiary/aromatic N) is 1. The van der Waals surface area contributed by atoms with Gasteiger partial charge in [-0.05, 0) is 47.9 Å². The number of benzene rings is 3. The van der Waals surface area contributed by atoms with Crippen LogP contribution in [-0.2, 0) is 16.0 Å². The molecule has 1 amide bonds. The highest BCUT2D eigenvalue weighted by Crippen LogP contribution is 2.42. The minimum absolute atomic E-state index is 0.00696. The highest BCUT2D eigenvalue weighted by atomic mass is 35.5. The summed E-state index contributed by atoms with van der Waals surface area (Å²) < 4.78 is 13.5. The van der Waals surface area contributed by atoms with Crippen molar-refractivity contribution in [3.8, 4) is 0 Å². The molecule has 31 heavy (non-hydrogen) atoms. The fourth-order valence-corrected chi connectivity index (χ4v) is 3.96. The van der Waals surface area contributed by atoms with Crippen molar-refractivity contribution >= 4 is 29.0 Å². The van der Waals surface area contributed by atoms with Gasteiger partial charge in [0.1, 0.15) is 5.82 Å². The molecule has 6 heteroatoms. The molecule has 0 bridgehead atoms. The van der Waals surface area contributed by atoms with E-state index in [1.165, 1.54) is 29.2 Å². The number of halogens is 2. The maximum atomic E-state index is 13.5. The first-order valence-corrected chi connectivity index (χ1v) is 10.2. The first kappa shape index (κ1) is 20.8. The van der Waals surface area contributed by atoms with Crippen LogP contribution in [0.15, 0.2) is 90.2 Å². The first-order valence-electron chi connectivity index (χ1n) is 9.80. The lowest BCUT2D eigenvalue weighted by Crippen LogP contribution is -2.31. The summed E-state index contributed by atoms with van der Waals surface area (Å²) in [5.74, 6) is -2.06. The molecule has 4 rings (SSSR count). The quantitative estimate of drug-likeness (QED) is 0.549. The van der Waals surface area contributed by atoms with Crippen LogP contribution in [0.25, 0.3) is 0 Å². The van der Waals surface area contributed by atoms with E-state index >= 15 is 0 Å². The van der Waals surface area contributed by atoms with Gasteiger partial charge in [0, 0.05) is 17.1 Å². The predicted octanol–water partition coefficient (Wildman–Crippen LogP) is 5.58. The van der Waals surface area contributed by atoms with E-state index in [4.69, 9.17) is 11.6 Å². The average molecular weight is 436 g/mol. The zero-order chi connectivity index (χ0) is 22.0. The smallest absolute Gasteiger partial charge is 0.294 e.